The van der Waals surface area contributed by atoms with Crippen LogP contribution in [0.4, 0.5) is 4.39 Å². The van der Waals surface area contributed by atoms with Crippen molar-refractivity contribution in [2.24, 2.45) is 17.1 Å². The number of rotatable bonds is 2. The molecule has 0 aromatic carbocycles. The largest absolute Gasteiger partial charge is 0.330 e. The van der Waals surface area contributed by atoms with Gasteiger partial charge in [-0.3, -0.25) is 4.98 Å². The zero-order valence-corrected chi connectivity index (χ0v) is 8.50. The van der Waals surface area contributed by atoms with Gasteiger partial charge in [-0.05, 0) is 30.0 Å². The minimum atomic E-state index is -0.214. The van der Waals surface area contributed by atoms with Crippen molar-refractivity contribution in [3.05, 3.63) is 29.8 Å². The second kappa shape index (κ2) is 3.02. The van der Waals surface area contributed by atoms with Crippen molar-refractivity contribution in [2.45, 2.75) is 19.8 Å². The summed E-state index contributed by atoms with van der Waals surface area (Å²) in [6.07, 6.45) is 1.52. The first-order valence-corrected chi connectivity index (χ1v) is 4.89. The molecular formula is C11H15FN2. The van der Waals surface area contributed by atoms with E-state index in [0.29, 0.717) is 18.4 Å². The van der Waals surface area contributed by atoms with Crippen molar-refractivity contribution in [1.82, 2.24) is 4.98 Å². The van der Waals surface area contributed by atoms with Crippen molar-refractivity contribution < 1.29 is 4.39 Å². The van der Waals surface area contributed by atoms with Crippen LogP contribution in [0.15, 0.2) is 18.3 Å². The molecule has 0 aliphatic heterocycles. The van der Waals surface area contributed by atoms with E-state index < -0.39 is 0 Å². The number of halogens is 1. The lowest BCUT2D eigenvalue weighted by Gasteiger charge is -2.01. The molecule has 0 bridgehead atoms. The Kier molecular flexibility index (Phi) is 2.07. The van der Waals surface area contributed by atoms with Crippen LogP contribution < -0.4 is 5.73 Å². The van der Waals surface area contributed by atoms with Crippen LogP contribution in [-0.4, -0.2) is 11.5 Å². The molecule has 0 saturated heterocycles. The smallest absolute Gasteiger partial charge is 0.126 e. The number of nitrogens with zero attached hydrogens (tertiary/aromatic N) is 1. The Labute approximate surface area is 83.3 Å². The molecule has 1 fully saturated rings. The third-order valence-electron chi connectivity index (χ3n) is 3.37. The van der Waals surface area contributed by atoms with Crippen molar-refractivity contribution in [1.29, 1.82) is 0 Å². The molecule has 2 atom stereocenters. The van der Waals surface area contributed by atoms with Crippen molar-refractivity contribution in [3.63, 3.8) is 0 Å². The monoisotopic (exact) mass is 194 g/mol. The maximum Gasteiger partial charge on any atom is 0.126 e. The van der Waals surface area contributed by atoms with Crippen molar-refractivity contribution in [3.8, 4) is 0 Å². The Morgan fingerprint density at radius 3 is 2.79 bits per heavy atom. The van der Waals surface area contributed by atoms with E-state index in [0.717, 1.165) is 5.69 Å². The normalized spacial score (nSPS) is 28.9. The molecule has 0 spiro atoms. The van der Waals surface area contributed by atoms with Crippen LogP contribution in [0.3, 0.4) is 0 Å². The summed E-state index contributed by atoms with van der Waals surface area (Å²) in [6, 6.07) is 2.89. The minimum absolute atomic E-state index is 0.176. The molecular weight excluding hydrogens is 179 g/mol. The summed E-state index contributed by atoms with van der Waals surface area (Å²) < 4.78 is 13.0. The summed E-state index contributed by atoms with van der Waals surface area (Å²) in [5, 5.41) is 0. The molecule has 2 rings (SSSR count). The van der Waals surface area contributed by atoms with Crippen molar-refractivity contribution >= 4 is 0 Å². The standard InChI is InChI=1S/C11H15FN2/c1-11(2)8(6-13)10(11)9-5-7(12)3-4-14-9/h3-5,8,10H,6,13H2,1-2H3/t8-,10+/m1/s1. The molecule has 1 aromatic heterocycles. The molecule has 0 radical (unpaired) electrons. The third-order valence-corrected chi connectivity index (χ3v) is 3.37. The second-order valence-corrected chi connectivity index (χ2v) is 4.54. The number of pyridine rings is 1. The average molecular weight is 194 g/mol. The zero-order valence-electron chi connectivity index (χ0n) is 8.50. The summed E-state index contributed by atoms with van der Waals surface area (Å²) in [7, 11) is 0. The fourth-order valence-electron chi connectivity index (χ4n) is 2.36. The second-order valence-electron chi connectivity index (χ2n) is 4.54. The van der Waals surface area contributed by atoms with Crippen LogP contribution >= 0.6 is 0 Å². The molecule has 1 heterocycles. The molecule has 1 saturated carbocycles. The third kappa shape index (κ3) is 1.32. The molecule has 0 amide bonds. The van der Waals surface area contributed by atoms with E-state index in [9.17, 15) is 4.39 Å². The topological polar surface area (TPSA) is 38.9 Å². The predicted octanol–water partition coefficient (Wildman–Crippen LogP) is 1.92. The highest BCUT2D eigenvalue weighted by Crippen LogP contribution is 2.63. The van der Waals surface area contributed by atoms with E-state index >= 15 is 0 Å². The first kappa shape index (κ1) is 9.59. The molecule has 0 unspecified atom stereocenters. The summed E-state index contributed by atoms with van der Waals surface area (Å²) >= 11 is 0. The van der Waals surface area contributed by atoms with E-state index in [2.05, 4.69) is 18.8 Å². The summed E-state index contributed by atoms with van der Waals surface area (Å²) in [4.78, 5) is 4.20. The number of hydrogen-bond acceptors (Lipinski definition) is 2. The van der Waals surface area contributed by atoms with Crippen LogP contribution in [0.2, 0.25) is 0 Å². The predicted molar refractivity (Wildman–Crippen MR) is 53.3 cm³/mol. The lowest BCUT2D eigenvalue weighted by Crippen LogP contribution is -2.05. The Morgan fingerprint density at radius 2 is 2.29 bits per heavy atom. The first-order chi connectivity index (χ1) is 6.57. The lowest BCUT2D eigenvalue weighted by molar-refractivity contribution is 0.556. The number of hydrogen-bond donors (Lipinski definition) is 1. The Hall–Kier alpha value is -0.960. The van der Waals surface area contributed by atoms with Gasteiger partial charge < -0.3 is 5.73 Å². The van der Waals surface area contributed by atoms with Gasteiger partial charge in [-0.1, -0.05) is 13.8 Å². The van der Waals surface area contributed by atoms with Crippen LogP contribution in [-0.2, 0) is 0 Å². The van der Waals surface area contributed by atoms with Gasteiger partial charge in [0.1, 0.15) is 5.82 Å². The summed E-state index contributed by atoms with van der Waals surface area (Å²) in [6.45, 7) is 4.96. The Morgan fingerprint density at radius 1 is 1.57 bits per heavy atom. The quantitative estimate of drug-likeness (QED) is 0.781. The Bertz CT molecular complexity index is 349. The molecule has 3 heteroatoms. The molecule has 1 aromatic rings. The van der Waals surface area contributed by atoms with E-state index in [1.165, 1.54) is 18.3 Å². The van der Waals surface area contributed by atoms with Gasteiger partial charge in [0.05, 0.1) is 0 Å². The highest BCUT2D eigenvalue weighted by Gasteiger charge is 2.58. The van der Waals surface area contributed by atoms with E-state index in [1.54, 1.807) is 0 Å². The molecule has 2 nitrogen and oxygen atoms in total. The summed E-state index contributed by atoms with van der Waals surface area (Å²) in [5.41, 5.74) is 6.67. The van der Waals surface area contributed by atoms with Gasteiger partial charge in [0.25, 0.3) is 0 Å². The van der Waals surface area contributed by atoms with Crippen LogP contribution in [0.5, 0.6) is 0 Å². The first-order valence-electron chi connectivity index (χ1n) is 4.89. The lowest BCUT2D eigenvalue weighted by atomic mass is 10.1. The van der Waals surface area contributed by atoms with Crippen LogP contribution in [0.1, 0.15) is 25.5 Å². The van der Waals surface area contributed by atoms with Gasteiger partial charge in [-0.15, -0.1) is 0 Å². The number of nitrogens with two attached hydrogens (primary N) is 1. The molecule has 14 heavy (non-hydrogen) atoms. The highest BCUT2D eigenvalue weighted by molar-refractivity contribution is 5.26. The van der Waals surface area contributed by atoms with Gasteiger partial charge in [0.15, 0.2) is 0 Å². The van der Waals surface area contributed by atoms with Gasteiger partial charge in [-0.2, -0.15) is 0 Å². The van der Waals surface area contributed by atoms with Gasteiger partial charge in [-0.25, -0.2) is 4.39 Å². The maximum atomic E-state index is 13.0. The summed E-state index contributed by atoms with van der Waals surface area (Å²) in [5.74, 6) is 0.550. The fraction of sp³-hybridized carbons (Fsp3) is 0.545. The Balaban J connectivity index is 2.26. The van der Waals surface area contributed by atoms with E-state index in [1.807, 2.05) is 0 Å². The zero-order chi connectivity index (χ0) is 10.3. The molecule has 76 valence electrons. The minimum Gasteiger partial charge on any atom is -0.330 e. The van der Waals surface area contributed by atoms with Gasteiger partial charge in [0.2, 0.25) is 0 Å². The molecule has 1 aliphatic carbocycles. The van der Waals surface area contributed by atoms with Crippen molar-refractivity contribution in [2.75, 3.05) is 6.54 Å². The van der Waals surface area contributed by atoms with E-state index in [-0.39, 0.29) is 11.2 Å². The fourth-order valence-corrected chi connectivity index (χ4v) is 2.36. The highest BCUT2D eigenvalue weighted by atomic mass is 19.1. The van der Waals surface area contributed by atoms with Crippen LogP contribution in [0.25, 0.3) is 0 Å². The molecule has 2 N–H and O–H groups in total. The average Bonchev–Trinajstić information content (AvgIpc) is 2.68. The van der Waals surface area contributed by atoms with E-state index in [4.69, 9.17) is 5.73 Å². The molecule has 1 aliphatic rings. The van der Waals surface area contributed by atoms with Gasteiger partial charge >= 0.3 is 0 Å². The van der Waals surface area contributed by atoms with Crippen LogP contribution in [0, 0.1) is 17.2 Å². The number of aromatic nitrogens is 1. The van der Waals surface area contributed by atoms with Gasteiger partial charge in [0, 0.05) is 17.8 Å². The maximum absolute atomic E-state index is 13.0. The SMILES string of the molecule is CC1(C)[C@H](CN)[C@H]1c1cc(F)ccn1.